The van der Waals surface area contributed by atoms with Crippen molar-refractivity contribution in [3.05, 3.63) is 84.1 Å². The van der Waals surface area contributed by atoms with Gasteiger partial charge in [-0.25, -0.2) is 4.98 Å². The van der Waals surface area contributed by atoms with Crippen LogP contribution < -0.4 is 16.4 Å². The fourth-order valence-corrected chi connectivity index (χ4v) is 2.74. The van der Waals surface area contributed by atoms with Gasteiger partial charge in [0.1, 0.15) is 11.5 Å². The summed E-state index contributed by atoms with van der Waals surface area (Å²) in [6, 6.07) is 22.4. The van der Waals surface area contributed by atoms with E-state index >= 15 is 0 Å². The van der Waals surface area contributed by atoms with Crippen LogP contribution >= 0.6 is 0 Å². The van der Waals surface area contributed by atoms with Gasteiger partial charge in [0, 0.05) is 17.3 Å². The van der Waals surface area contributed by atoms with E-state index in [2.05, 4.69) is 39.9 Å². The summed E-state index contributed by atoms with van der Waals surface area (Å²) in [5, 5.41) is 6.96. The summed E-state index contributed by atoms with van der Waals surface area (Å²) in [6.45, 7) is 0. The highest BCUT2D eigenvalue weighted by Crippen LogP contribution is 2.39. The number of benzene rings is 2. The molecule has 0 unspecified atom stereocenters. The standard InChI is InChI=1S/C19H16N4/c20-19-18-15(11-12-21-19)22-16(13-7-3-1-4-8-13)17(23-18)14-9-5-2-6-10-14/h1-12,22-23H,(H2,20,21). The molecule has 1 aromatic heterocycles. The zero-order valence-electron chi connectivity index (χ0n) is 12.5. The Hall–Kier alpha value is -3.27. The normalized spacial score (nSPS) is 13.0. The lowest BCUT2D eigenvalue weighted by Gasteiger charge is -2.27. The van der Waals surface area contributed by atoms with Crippen LogP contribution in [0.1, 0.15) is 11.1 Å². The van der Waals surface area contributed by atoms with Crippen LogP contribution in [0.15, 0.2) is 72.9 Å². The molecule has 2 aromatic carbocycles. The Balaban J connectivity index is 1.91. The molecule has 1 aliphatic heterocycles. The van der Waals surface area contributed by atoms with Gasteiger partial charge < -0.3 is 16.4 Å². The molecule has 23 heavy (non-hydrogen) atoms. The number of fused-ring (bicyclic) bond motifs is 1. The molecule has 4 nitrogen and oxygen atoms in total. The van der Waals surface area contributed by atoms with Crippen molar-refractivity contribution >= 4 is 28.6 Å². The van der Waals surface area contributed by atoms with E-state index < -0.39 is 0 Å². The highest BCUT2D eigenvalue weighted by atomic mass is 15.1. The van der Waals surface area contributed by atoms with Crippen LogP contribution in [0.5, 0.6) is 0 Å². The third-order valence-electron chi connectivity index (χ3n) is 3.86. The minimum Gasteiger partial charge on any atom is -0.382 e. The molecular formula is C19H16N4. The van der Waals surface area contributed by atoms with Crippen LogP contribution in [0.2, 0.25) is 0 Å². The Morgan fingerprint density at radius 3 is 1.87 bits per heavy atom. The highest BCUT2D eigenvalue weighted by Gasteiger charge is 2.21. The van der Waals surface area contributed by atoms with E-state index in [-0.39, 0.29) is 0 Å². The Morgan fingerprint density at radius 1 is 0.696 bits per heavy atom. The van der Waals surface area contributed by atoms with Crippen LogP contribution in [0.25, 0.3) is 11.4 Å². The second-order valence-corrected chi connectivity index (χ2v) is 5.35. The average molecular weight is 300 g/mol. The van der Waals surface area contributed by atoms with Crippen LogP contribution in [0.3, 0.4) is 0 Å². The fraction of sp³-hybridized carbons (Fsp3) is 0. The summed E-state index contributed by atoms with van der Waals surface area (Å²) in [5.74, 6) is 0.482. The minimum absolute atomic E-state index is 0.482. The van der Waals surface area contributed by atoms with Gasteiger partial charge in [0.05, 0.1) is 17.1 Å². The van der Waals surface area contributed by atoms with E-state index in [4.69, 9.17) is 5.73 Å². The predicted molar refractivity (Wildman–Crippen MR) is 95.6 cm³/mol. The Morgan fingerprint density at radius 2 is 1.26 bits per heavy atom. The number of nitrogens with two attached hydrogens (primary N) is 1. The second kappa shape index (κ2) is 5.50. The molecule has 4 heteroatoms. The molecule has 0 spiro atoms. The van der Waals surface area contributed by atoms with Crippen molar-refractivity contribution in [2.24, 2.45) is 0 Å². The van der Waals surface area contributed by atoms with E-state index in [1.54, 1.807) is 6.20 Å². The SMILES string of the molecule is Nc1nccc2c1NC(c1ccccc1)=C(c1ccccc1)N2. The van der Waals surface area contributed by atoms with Crippen LogP contribution in [0, 0.1) is 0 Å². The summed E-state index contributed by atoms with van der Waals surface area (Å²) in [5.41, 5.74) is 12.0. The zero-order chi connectivity index (χ0) is 15.6. The van der Waals surface area contributed by atoms with Crippen LogP contribution in [-0.2, 0) is 0 Å². The Kier molecular flexibility index (Phi) is 3.20. The van der Waals surface area contributed by atoms with E-state index in [0.29, 0.717) is 5.82 Å². The van der Waals surface area contributed by atoms with Crippen molar-refractivity contribution in [2.75, 3.05) is 16.4 Å². The highest BCUT2D eigenvalue weighted by molar-refractivity contribution is 6.07. The zero-order valence-corrected chi connectivity index (χ0v) is 12.5. The van der Waals surface area contributed by atoms with Gasteiger partial charge in [0.15, 0.2) is 0 Å². The summed E-state index contributed by atoms with van der Waals surface area (Å²) in [4.78, 5) is 4.17. The molecule has 0 bridgehead atoms. The molecule has 2 heterocycles. The summed E-state index contributed by atoms with van der Waals surface area (Å²) < 4.78 is 0. The lowest BCUT2D eigenvalue weighted by Crippen LogP contribution is -2.17. The molecule has 4 N–H and O–H groups in total. The number of hydrogen-bond donors (Lipinski definition) is 3. The first-order valence-corrected chi connectivity index (χ1v) is 7.46. The van der Waals surface area contributed by atoms with Crippen molar-refractivity contribution in [2.45, 2.75) is 0 Å². The number of nitrogens with one attached hydrogen (secondary N) is 2. The first-order chi connectivity index (χ1) is 11.3. The molecule has 3 aromatic rings. The van der Waals surface area contributed by atoms with Crippen molar-refractivity contribution in [3.8, 4) is 0 Å². The number of nitrogens with zero attached hydrogens (tertiary/aromatic N) is 1. The van der Waals surface area contributed by atoms with Gasteiger partial charge in [-0.15, -0.1) is 0 Å². The van der Waals surface area contributed by atoms with Crippen molar-refractivity contribution < 1.29 is 0 Å². The summed E-state index contributed by atoms with van der Waals surface area (Å²) in [6.07, 6.45) is 1.71. The third kappa shape index (κ3) is 2.40. The largest absolute Gasteiger partial charge is 0.382 e. The van der Waals surface area contributed by atoms with E-state index in [1.807, 2.05) is 42.5 Å². The van der Waals surface area contributed by atoms with Gasteiger partial charge in [-0.1, -0.05) is 60.7 Å². The number of pyridine rings is 1. The summed E-state index contributed by atoms with van der Waals surface area (Å²) in [7, 11) is 0. The molecule has 0 saturated carbocycles. The van der Waals surface area contributed by atoms with Crippen molar-refractivity contribution in [3.63, 3.8) is 0 Å². The molecule has 0 fully saturated rings. The molecule has 4 rings (SSSR count). The maximum absolute atomic E-state index is 6.03. The molecule has 1 aliphatic rings. The van der Waals surface area contributed by atoms with E-state index in [0.717, 1.165) is 33.9 Å². The molecule has 0 amide bonds. The quantitative estimate of drug-likeness (QED) is 0.668. The number of anilines is 3. The molecule has 0 saturated heterocycles. The number of rotatable bonds is 2. The molecular weight excluding hydrogens is 284 g/mol. The lowest BCUT2D eigenvalue weighted by molar-refractivity contribution is 1.31. The summed E-state index contributed by atoms with van der Waals surface area (Å²) >= 11 is 0. The second-order valence-electron chi connectivity index (χ2n) is 5.35. The number of hydrogen-bond acceptors (Lipinski definition) is 4. The first kappa shape index (κ1) is 13.4. The fourth-order valence-electron chi connectivity index (χ4n) is 2.74. The third-order valence-corrected chi connectivity index (χ3v) is 3.86. The number of aromatic nitrogens is 1. The van der Waals surface area contributed by atoms with Gasteiger partial charge >= 0.3 is 0 Å². The Labute approximate surface area is 134 Å². The van der Waals surface area contributed by atoms with Crippen molar-refractivity contribution in [1.82, 2.24) is 4.98 Å². The monoisotopic (exact) mass is 300 g/mol. The Bertz CT molecular complexity index is 870. The topological polar surface area (TPSA) is 63.0 Å². The molecule has 0 atom stereocenters. The van der Waals surface area contributed by atoms with Crippen LogP contribution in [0.4, 0.5) is 17.2 Å². The van der Waals surface area contributed by atoms with Gasteiger partial charge in [-0.05, 0) is 6.07 Å². The maximum Gasteiger partial charge on any atom is 0.149 e. The van der Waals surface area contributed by atoms with Gasteiger partial charge in [0.2, 0.25) is 0 Å². The van der Waals surface area contributed by atoms with Gasteiger partial charge in [-0.2, -0.15) is 0 Å². The van der Waals surface area contributed by atoms with Crippen LogP contribution in [-0.4, -0.2) is 4.98 Å². The predicted octanol–water partition coefficient (Wildman–Crippen LogP) is 4.03. The first-order valence-electron chi connectivity index (χ1n) is 7.46. The molecule has 0 radical (unpaired) electrons. The van der Waals surface area contributed by atoms with Gasteiger partial charge in [-0.3, -0.25) is 0 Å². The smallest absolute Gasteiger partial charge is 0.149 e. The van der Waals surface area contributed by atoms with Gasteiger partial charge in [0.25, 0.3) is 0 Å². The van der Waals surface area contributed by atoms with E-state index in [9.17, 15) is 0 Å². The van der Waals surface area contributed by atoms with E-state index in [1.165, 1.54) is 0 Å². The maximum atomic E-state index is 6.03. The average Bonchev–Trinajstić information content (AvgIpc) is 2.63. The number of nitrogen functional groups attached to an aromatic ring is 1. The van der Waals surface area contributed by atoms with Crippen molar-refractivity contribution in [1.29, 1.82) is 0 Å². The minimum atomic E-state index is 0.482. The lowest BCUT2D eigenvalue weighted by atomic mass is 10.0. The molecule has 0 aliphatic carbocycles. The molecule has 112 valence electrons.